The van der Waals surface area contributed by atoms with E-state index in [0.29, 0.717) is 36.8 Å². The summed E-state index contributed by atoms with van der Waals surface area (Å²) in [5.74, 6) is 0.848. The van der Waals surface area contributed by atoms with Crippen molar-refractivity contribution in [3.05, 3.63) is 65.9 Å². The highest BCUT2D eigenvalue weighted by molar-refractivity contribution is 5.77. The van der Waals surface area contributed by atoms with Gasteiger partial charge >= 0.3 is 0 Å². The Labute approximate surface area is 178 Å². The highest BCUT2D eigenvalue weighted by Crippen LogP contribution is 2.41. The average Bonchev–Trinajstić information content (AvgIpc) is 3.52. The van der Waals surface area contributed by atoms with Gasteiger partial charge in [0.2, 0.25) is 17.6 Å². The maximum absolute atomic E-state index is 12.4. The predicted molar refractivity (Wildman–Crippen MR) is 110 cm³/mol. The Morgan fingerprint density at radius 1 is 1.16 bits per heavy atom. The molecule has 1 aromatic carbocycles. The van der Waals surface area contributed by atoms with Crippen molar-refractivity contribution in [1.29, 1.82) is 0 Å². The lowest BCUT2D eigenvalue weighted by Crippen LogP contribution is -2.39. The number of carbonyl (C=O) groups is 1. The van der Waals surface area contributed by atoms with E-state index in [4.69, 9.17) is 4.52 Å². The Bertz CT molecular complexity index is 1190. The normalized spacial score (nSPS) is 19.2. The summed E-state index contributed by atoms with van der Waals surface area (Å²) in [5, 5.41) is 16.8. The second kappa shape index (κ2) is 7.78. The van der Waals surface area contributed by atoms with Gasteiger partial charge in [0.25, 0.3) is 0 Å². The number of piperidine rings is 1. The van der Waals surface area contributed by atoms with Crippen LogP contribution in [0.3, 0.4) is 0 Å². The van der Waals surface area contributed by atoms with Gasteiger partial charge in [-0.3, -0.25) is 9.48 Å². The Balaban J connectivity index is 1.40. The van der Waals surface area contributed by atoms with Gasteiger partial charge in [0.05, 0.1) is 30.9 Å². The van der Waals surface area contributed by atoms with E-state index in [1.165, 1.54) is 0 Å². The van der Waals surface area contributed by atoms with E-state index in [-0.39, 0.29) is 17.9 Å². The molecule has 1 fully saturated rings. The van der Waals surface area contributed by atoms with Crippen LogP contribution in [0.25, 0.3) is 11.5 Å². The maximum Gasteiger partial charge on any atom is 0.232 e. The Hall–Kier alpha value is -3.82. The van der Waals surface area contributed by atoms with Crippen LogP contribution >= 0.6 is 0 Å². The molecule has 0 aliphatic carbocycles. The summed E-state index contributed by atoms with van der Waals surface area (Å²) in [6.07, 6.45) is 6.56. The van der Waals surface area contributed by atoms with Crippen LogP contribution < -0.4 is 0 Å². The minimum Gasteiger partial charge on any atom is -0.339 e. The highest BCUT2D eigenvalue weighted by Gasteiger charge is 2.39. The number of benzene rings is 1. The molecule has 1 amide bonds. The molecule has 10 nitrogen and oxygen atoms in total. The fourth-order valence-electron chi connectivity index (χ4n) is 4.08. The second-order valence-electron chi connectivity index (χ2n) is 7.79. The highest BCUT2D eigenvalue weighted by atomic mass is 16.5. The van der Waals surface area contributed by atoms with E-state index in [1.807, 2.05) is 43.6 Å². The first kappa shape index (κ1) is 19.2. The summed E-state index contributed by atoms with van der Waals surface area (Å²) in [6, 6.07) is 9.82. The molecule has 2 unspecified atom stereocenters. The minimum atomic E-state index is -0.211. The fourth-order valence-corrected chi connectivity index (χ4v) is 4.08. The molecule has 0 N–H and O–H groups in total. The first-order valence-electron chi connectivity index (χ1n) is 10.1. The van der Waals surface area contributed by atoms with Gasteiger partial charge in [-0.15, -0.1) is 5.10 Å². The van der Waals surface area contributed by atoms with Crippen LogP contribution in [0.4, 0.5) is 0 Å². The number of aryl methyl sites for hydroxylation is 1. The van der Waals surface area contributed by atoms with Gasteiger partial charge in [0.1, 0.15) is 0 Å². The monoisotopic (exact) mass is 418 g/mol. The zero-order valence-corrected chi connectivity index (χ0v) is 17.3. The van der Waals surface area contributed by atoms with Gasteiger partial charge < -0.3 is 9.42 Å². The van der Waals surface area contributed by atoms with Crippen molar-refractivity contribution >= 4 is 5.91 Å². The fraction of sp³-hybridized carbons (Fsp3) is 0.333. The lowest BCUT2D eigenvalue weighted by Gasteiger charge is -2.36. The summed E-state index contributed by atoms with van der Waals surface area (Å²) in [6.45, 7) is 0.608. The molecule has 1 aliphatic rings. The molecule has 10 heteroatoms. The zero-order valence-electron chi connectivity index (χ0n) is 17.3. The molecule has 0 saturated carbocycles. The third kappa shape index (κ3) is 3.72. The molecule has 3 aromatic heterocycles. The Kier molecular flexibility index (Phi) is 4.81. The molecule has 31 heavy (non-hydrogen) atoms. The molecule has 0 bridgehead atoms. The minimum absolute atomic E-state index is 0.0914. The largest absolute Gasteiger partial charge is 0.339 e. The molecular weight excluding hydrogens is 396 g/mol. The Morgan fingerprint density at radius 2 is 2.00 bits per heavy atom. The molecule has 4 heterocycles. The van der Waals surface area contributed by atoms with Crippen molar-refractivity contribution in [3.8, 4) is 11.5 Å². The number of hydrogen-bond donors (Lipinski definition) is 0. The molecule has 5 rings (SSSR count). The summed E-state index contributed by atoms with van der Waals surface area (Å²) in [4.78, 5) is 18.7. The predicted octanol–water partition coefficient (Wildman–Crippen LogP) is 2.19. The molecule has 158 valence electrons. The van der Waals surface area contributed by atoms with Gasteiger partial charge in [0.15, 0.2) is 5.69 Å². The first-order chi connectivity index (χ1) is 15.1. The standard InChI is InChI=1S/C21H22N8O2/c1-27-12-15(10-22-27)19-16(8-9-18(30)28(19)2)21-23-20(25-31-21)17-13-29(26-24-17)11-14-6-4-3-5-7-14/h3-7,10,12-13,16,19H,8-9,11H2,1-2H3. The summed E-state index contributed by atoms with van der Waals surface area (Å²) in [5.41, 5.74) is 2.61. The zero-order chi connectivity index (χ0) is 21.4. The number of nitrogens with zero attached hydrogens (tertiary/aromatic N) is 8. The molecule has 4 aromatic rings. The van der Waals surface area contributed by atoms with E-state index in [9.17, 15) is 4.79 Å². The number of hydrogen-bond acceptors (Lipinski definition) is 7. The van der Waals surface area contributed by atoms with Gasteiger partial charge in [-0.25, -0.2) is 4.68 Å². The first-order valence-corrected chi connectivity index (χ1v) is 10.1. The van der Waals surface area contributed by atoms with Crippen molar-refractivity contribution in [2.75, 3.05) is 7.05 Å². The van der Waals surface area contributed by atoms with Crippen molar-refractivity contribution in [1.82, 2.24) is 39.8 Å². The van der Waals surface area contributed by atoms with E-state index in [1.54, 1.807) is 33.7 Å². The van der Waals surface area contributed by atoms with E-state index in [2.05, 4.69) is 25.6 Å². The molecular formula is C21H22N8O2. The number of amides is 1. The molecule has 0 spiro atoms. The Morgan fingerprint density at radius 3 is 2.77 bits per heavy atom. The van der Waals surface area contributed by atoms with Crippen molar-refractivity contribution < 1.29 is 9.32 Å². The molecule has 2 atom stereocenters. The summed E-state index contributed by atoms with van der Waals surface area (Å²) < 4.78 is 9.09. The van der Waals surface area contributed by atoms with Crippen molar-refractivity contribution in [3.63, 3.8) is 0 Å². The number of rotatable bonds is 5. The summed E-state index contributed by atoms with van der Waals surface area (Å²) >= 11 is 0. The van der Waals surface area contributed by atoms with Crippen LogP contribution in [0.1, 0.15) is 41.8 Å². The molecule has 1 saturated heterocycles. The van der Waals surface area contributed by atoms with Crippen LogP contribution in [0.2, 0.25) is 0 Å². The number of likely N-dealkylation sites (N-methyl/N-ethyl adjacent to an activating group) is 1. The van der Waals surface area contributed by atoms with Crippen molar-refractivity contribution in [2.45, 2.75) is 31.3 Å². The lowest BCUT2D eigenvalue weighted by atomic mass is 9.85. The third-order valence-electron chi connectivity index (χ3n) is 5.64. The van der Waals surface area contributed by atoms with Gasteiger partial charge in [0, 0.05) is 32.3 Å². The quantitative estimate of drug-likeness (QED) is 0.489. The van der Waals surface area contributed by atoms with Crippen LogP contribution in [-0.4, -0.2) is 52.8 Å². The average molecular weight is 418 g/mol. The third-order valence-corrected chi connectivity index (χ3v) is 5.64. The molecule has 0 radical (unpaired) electrons. The van der Waals surface area contributed by atoms with E-state index in [0.717, 1.165) is 11.1 Å². The van der Waals surface area contributed by atoms with Crippen LogP contribution in [0, 0.1) is 0 Å². The number of likely N-dealkylation sites (tertiary alicyclic amines) is 1. The molecule has 1 aliphatic heterocycles. The van der Waals surface area contributed by atoms with Crippen LogP contribution in [0.15, 0.2) is 53.4 Å². The van der Waals surface area contributed by atoms with Crippen LogP contribution in [-0.2, 0) is 18.4 Å². The van der Waals surface area contributed by atoms with Crippen molar-refractivity contribution in [2.24, 2.45) is 7.05 Å². The number of carbonyl (C=O) groups excluding carboxylic acids is 1. The summed E-state index contributed by atoms with van der Waals surface area (Å²) in [7, 11) is 3.66. The lowest BCUT2D eigenvalue weighted by molar-refractivity contribution is -0.135. The van der Waals surface area contributed by atoms with Gasteiger partial charge in [-0.1, -0.05) is 40.7 Å². The van der Waals surface area contributed by atoms with E-state index >= 15 is 0 Å². The second-order valence-corrected chi connectivity index (χ2v) is 7.79. The SMILES string of the molecule is CN1C(=O)CCC(c2nc(-c3cn(Cc4ccccc4)nn3)no2)C1c1cnn(C)c1. The number of aromatic nitrogens is 7. The maximum atomic E-state index is 12.4. The van der Waals surface area contributed by atoms with Gasteiger partial charge in [-0.05, 0) is 12.0 Å². The van der Waals surface area contributed by atoms with Crippen LogP contribution in [0.5, 0.6) is 0 Å². The van der Waals surface area contributed by atoms with E-state index < -0.39 is 0 Å². The smallest absolute Gasteiger partial charge is 0.232 e. The topological polar surface area (TPSA) is 108 Å². The van der Waals surface area contributed by atoms with Gasteiger partial charge in [-0.2, -0.15) is 10.1 Å².